The maximum absolute atomic E-state index is 12.9. The molecule has 3 saturated carbocycles. The molecule has 25 heavy (non-hydrogen) atoms. The number of carbonyl (C=O) groups is 1. The summed E-state index contributed by atoms with van der Waals surface area (Å²) in [7, 11) is 0. The summed E-state index contributed by atoms with van der Waals surface area (Å²) < 4.78 is -0.489. The first kappa shape index (κ1) is 16.0. The molecule has 0 radical (unpaired) electrons. The number of fused-ring (bicyclic) bond motifs is 3. The molecule has 130 valence electrons. The van der Waals surface area contributed by atoms with Crippen LogP contribution in [0, 0.1) is 29.6 Å². The van der Waals surface area contributed by atoms with Crippen molar-refractivity contribution < 1.29 is 4.79 Å². The molecule has 5 atom stereocenters. The molecule has 0 aromatic heterocycles. The Hall–Kier alpha value is -1.25. The highest BCUT2D eigenvalue weighted by Crippen LogP contribution is 2.67. The molecule has 3 aliphatic carbocycles. The summed E-state index contributed by atoms with van der Waals surface area (Å²) in [6.45, 7) is 0. The highest BCUT2D eigenvalue weighted by Gasteiger charge is 2.65. The van der Waals surface area contributed by atoms with Gasteiger partial charge in [0.05, 0.1) is 0 Å². The second kappa shape index (κ2) is 5.62. The second-order valence-electron chi connectivity index (χ2n) is 7.91. The van der Waals surface area contributed by atoms with Crippen molar-refractivity contribution in [2.45, 2.75) is 30.0 Å². The van der Waals surface area contributed by atoms with Gasteiger partial charge >= 0.3 is 0 Å². The van der Waals surface area contributed by atoms with E-state index < -0.39 is 4.33 Å². The smallest absolute Gasteiger partial charge is 0.228 e. The van der Waals surface area contributed by atoms with Gasteiger partial charge in [0.25, 0.3) is 0 Å². The fraction of sp³-hybridized carbons (Fsp3) is 0.476. The van der Waals surface area contributed by atoms with Gasteiger partial charge in [-0.15, -0.1) is 23.2 Å². The predicted molar refractivity (Wildman–Crippen MR) is 103 cm³/mol. The number of nitrogens with one attached hydrogen (secondary N) is 1. The molecule has 0 aliphatic heterocycles. The zero-order valence-corrected chi connectivity index (χ0v) is 15.4. The average molecular weight is 374 g/mol. The van der Waals surface area contributed by atoms with Crippen LogP contribution in [-0.2, 0) is 4.79 Å². The number of benzene rings is 2. The monoisotopic (exact) mass is 373 g/mol. The van der Waals surface area contributed by atoms with Crippen molar-refractivity contribution in [1.29, 1.82) is 0 Å². The average Bonchev–Trinajstić information content (AvgIpc) is 3.40. The first-order valence-corrected chi connectivity index (χ1v) is 9.99. The molecule has 2 aromatic carbocycles. The van der Waals surface area contributed by atoms with Gasteiger partial charge in [0.2, 0.25) is 5.91 Å². The topological polar surface area (TPSA) is 29.1 Å². The molecule has 2 aromatic rings. The maximum Gasteiger partial charge on any atom is 0.228 e. The van der Waals surface area contributed by atoms with Gasteiger partial charge in [0.1, 0.15) is 4.33 Å². The summed E-state index contributed by atoms with van der Waals surface area (Å²) in [5, 5.41) is 5.45. The molecule has 0 spiro atoms. The number of alkyl halides is 2. The summed E-state index contributed by atoms with van der Waals surface area (Å²) in [5.41, 5.74) is 0.922. The number of amides is 1. The van der Waals surface area contributed by atoms with Crippen LogP contribution in [0.1, 0.15) is 25.7 Å². The molecule has 0 heterocycles. The molecule has 1 amide bonds. The van der Waals surface area contributed by atoms with Crippen LogP contribution >= 0.6 is 23.2 Å². The number of halogens is 2. The summed E-state index contributed by atoms with van der Waals surface area (Å²) in [6.07, 6.45) is 4.30. The third-order valence-corrected chi connectivity index (χ3v) is 7.79. The van der Waals surface area contributed by atoms with Gasteiger partial charge < -0.3 is 5.32 Å². The lowest BCUT2D eigenvalue weighted by atomic mass is 10.0. The Labute approximate surface area is 157 Å². The lowest BCUT2D eigenvalue weighted by Gasteiger charge is -2.09. The van der Waals surface area contributed by atoms with Gasteiger partial charge in [-0.25, -0.2) is 0 Å². The lowest BCUT2D eigenvalue weighted by Crippen LogP contribution is -2.16. The SMILES string of the molecule is O=C(Nc1cccc2ccccc12)C1[C@H]2CC[C@@H]3[C@@H](CC[C@@H]12)C3(Cl)Cl. The first-order chi connectivity index (χ1) is 12.1. The third-order valence-electron chi connectivity index (χ3n) is 6.67. The van der Waals surface area contributed by atoms with Crippen molar-refractivity contribution in [3.8, 4) is 0 Å². The minimum Gasteiger partial charge on any atom is -0.325 e. The van der Waals surface area contributed by atoms with E-state index in [1.165, 1.54) is 0 Å². The number of hydrogen-bond donors (Lipinski definition) is 1. The summed E-state index contributed by atoms with van der Waals surface area (Å²) in [6, 6.07) is 14.3. The van der Waals surface area contributed by atoms with Crippen molar-refractivity contribution in [2.24, 2.45) is 29.6 Å². The van der Waals surface area contributed by atoms with E-state index in [0.29, 0.717) is 23.7 Å². The zero-order chi connectivity index (χ0) is 17.2. The molecule has 4 heteroatoms. The van der Waals surface area contributed by atoms with Gasteiger partial charge in [-0.1, -0.05) is 36.4 Å². The van der Waals surface area contributed by atoms with Crippen LogP contribution in [0.2, 0.25) is 0 Å². The molecule has 1 N–H and O–H groups in total. The lowest BCUT2D eigenvalue weighted by molar-refractivity contribution is -0.117. The molecule has 3 aliphatic rings. The summed E-state index contributed by atoms with van der Waals surface area (Å²) >= 11 is 12.7. The Balaban J connectivity index is 1.30. The van der Waals surface area contributed by atoms with E-state index in [1.807, 2.05) is 24.3 Å². The van der Waals surface area contributed by atoms with Gasteiger partial charge in [-0.05, 0) is 60.8 Å². The van der Waals surface area contributed by atoms with E-state index >= 15 is 0 Å². The predicted octanol–water partition coefficient (Wildman–Crippen LogP) is 5.63. The minimum absolute atomic E-state index is 0.163. The quantitative estimate of drug-likeness (QED) is 0.678. The molecular formula is C21H21Cl2NO. The fourth-order valence-corrected chi connectivity index (χ4v) is 6.08. The fourth-order valence-electron chi connectivity index (χ4n) is 5.16. The molecule has 2 nitrogen and oxygen atoms in total. The summed E-state index contributed by atoms with van der Waals surface area (Å²) in [5.74, 6) is 2.26. The van der Waals surface area contributed by atoms with Crippen molar-refractivity contribution in [3.05, 3.63) is 42.5 Å². The van der Waals surface area contributed by atoms with E-state index in [4.69, 9.17) is 23.2 Å². The highest BCUT2D eigenvalue weighted by atomic mass is 35.5. The van der Waals surface area contributed by atoms with Crippen molar-refractivity contribution in [1.82, 2.24) is 0 Å². The number of hydrogen-bond acceptors (Lipinski definition) is 1. The molecule has 1 unspecified atom stereocenters. The van der Waals surface area contributed by atoms with E-state index in [9.17, 15) is 4.79 Å². The minimum atomic E-state index is -0.489. The Morgan fingerprint density at radius 2 is 1.56 bits per heavy atom. The number of anilines is 1. The normalized spacial score (nSPS) is 35.0. The third kappa shape index (κ3) is 2.57. The number of carbonyl (C=O) groups excluding carboxylic acids is 1. The van der Waals surface area contributed by atoms with E-state index in [0.717, 1.165) is 42.1 Å². The Bertz CT molecular complexity index is 821. The highest BCUT2D eigenvalue weighted by molar-refractivity contribution is 6.51. The van der Waals surface area contributed by atoms with Crippen molar-refractivity contribution >= 4 is 45.6 Å². The molecule has 5 rings (SSSR count). The van der Waals surface area contributed by atoms with Crippen LogP contribution in [0.3, 0.4) is 0 Å². The number of rotatable bonds is 2. The van der Waals surface area contributed by atoms with Crippen LogP contribution in [-0.4, -0.2) is 10.2 Å². The van der Waals surface area contributed by atoms with Gasteiger partial charge in [0, 0.05) is 17.0 Å². The maximum atomic E-state index is 12.9. The summed E-state index contributed by atoms with van der Waals surface area (Å²) in [4.78, 5) is 12.9. The molecule has 0 saturated heterocycles. The van der Waals surface area contributed by atoms with Crippen LogP contribution in [0.15, 0.2) is 42.5 Å². The molecular weight excluding hydrogens is 353 g/mol. The Morgan fingerprint density at radius 3 is 2.28 bits per heavy atom. The molecule has 0 bridgehead atoms. The van der Waals surface area contributed by atoms with Crippen LogP contribution in [0.25, 0.3) is 10.8 Å². The first-order valence-electron chi connectivity index (χ1n) is 9.24. The zero-order valence-electron chi connectivity index (χ0n) is 13.9. The van der Waals surface area contributed by atoms with Crippen molar-refractivity contribution in [2.75, 3.05) is 5.32 Å². The van der Waals surface area contributed by atoms with Crippen LogP contribution in [0.4, 0.5) is 5.69 Å². The van der Waals surface area contributed by atoms with Crippen molar-refractivity contribution in [3.63, 3.8) is 0 Å². The van der Waals surface area contributed by atoms with E-state index in [-0.39, 0.29) is 11.8 Å². The van der Waals surface area contributed by atoms with E-state index in [2.05, 4.69) is 23.5 Å². The van der Waals surface area contributed by atoms with E-state index in [1.54, 1.807) is 0 Å². The Morgan fingerprint density at radius 1 is 0.920 bits per heavy atom. The largest absolute Gasteiger partial charge is 0.325 e. The van der Waals surface area contributed by atoms with Gasteiger partial charge in [-0.3, -0.25) is 4.79 Å². The van der Waals surface area contributed by atoms with Gasteiger partial charge in [0.15, 0.2) is 0 Å². The standard InChI is InChI=1S/C21H21Cl2NO/c22-21(23)16-10-8-14-15(9-11-17(16)21)19(14)20(25)24-18-7-3-5-12-4-1-2-6-13(12)18/h1-7,14-17,19H,8-11H2,(H,24,25)/t14-,15+,16-,17-,19?/m1/s1. The Kier molecular flexibility index (Phi) is 3.59. The van der Waals surface area contributed by atoms with Crippen LogP contribution in [0.5, 0.6) is 0 Å². The molecule has 3 fully saturated rings. The second-order valence-corrected chi connectivity index (χ2v) is 9.36. The van der Waals surface area contributed by atoms with Gasteiger partial charge in [-0.2, -0.15) is 0 Å². The van der Waals surface area contributed by atoms with Crippen LogP contribution < -0.4 is 5.32 Å².